The SMILES string of the molecule is CCC=CC(CC)(CCCCCCCC)C(OC)(OC)OC. The minimum absolute atomic E-state index is 0.244. The molecule has 132 valence electrons. The first-order valence-corrected chi connectivity index (χ1v) is 8.95. The van der Waals surface area contributed by atoms with E-state index in [0.717, 1.165) is 19.3 Å². The van der Waals surface area contributed by atoms with Crippen LogP contribution in [0.15, 0.2) is 12.2 Å². The van der Waals surface area contributed by atoms with Crippen LogP contribution in [0.25, 0.3) is 0 Å². The van der Waals surface area contributed by atoms with E-state index in [-0.39, 0.29) is 5.41 Å². The second-order valence-corrected chi connectivity index (χ2v) is 6.01. The molecule has 0 aliphatic heterocycles. The van der Waals surface area contributed by atoms with E-state index in [9.17, 15) is 0 Å². The van der Waals surface area contributed by atoms with Gasteiger partial charge in [-0.15, -0.1) is 0 Å². The summed E-state index contributed by atoms with van der Waals surface area (Å²) in [5.41, 5.74) is -0.244. The summed E-state index contributed by atoms with van der Waals surface area (Å²) in [6, 6.07) is 0. The van der Waals surface area contributed by atoms with Gasteiger partial charge in [0.1, 0.15) is 0 Å². The molecule has 0 aliphatic rings. The van der Waals surface area contributed by atoms with Gasteiger partial charge in [0.2, 0.25) is 0 Å². The highest BCUT2D eigenvalue weighted by molar-refractivity contribution is 5.04. The molecule has 0 radical (unpaired) electrons. The Morgan fingerprint density at radius 2 is 1.32 bits per heavy atom. The van der Waals surface area contributed by atoms with Crippen molar-refractivity contribution in [3.05, 3.63) is 12.2 Å². The van der Waals surface area contributed by atoms with Crippen molar-refractivity contribution in [3.63, 3.8) is 0 Å². The van der Waals surface area contributed by atoms with Crippen molar-refractivity contribution >= 4 is 0 Å². The molecular formula is C19H38O3. The molecule has 0 bridgehead atoms. The Bertz CT molecular complexity index is 276. The molecule has 0 saturated heterocycles. The maximum atomic E-state index is 5.69. The van der Waals surface area contributed by atoms with Gasteiger partial charge in [0.25, 0.3) is 5.97 Å². The number of allylic oxidation sites excluding steroid dienone is 1. The Hall–Kier alpha value is -0.380. The first kappa shape index (κ1) is 21.6. The van der Waals surface area contributed by atoms with Crippen molar-refractivity contribution in [3.8, 4) is 0 Å². The molecule has 0 aliphatic carbocycles. The predicted octanol–water partition coefficient (Wildman–Crippen LogP) is 5.69. The quantitative estimate of drug-likeness (QED) is 0.234. The van der Waals surface area contributed by atoms with Gasteiger partial charge in [-0.3, -0.25) is 0 Å². The van der Waals surface area contributed by atoms with Crippen molar-refractivity contribution in [1.82, 2.24) is 0 Å². The van der Waals surface area contributed by atoms with Crippen molar-refractivity contribution in [2.24, 2.45) is 5.41 Å². The summed E-state index contributed by atoms with van der Waals surface area (Å²) in [6.07, 6.45) is 15.1. The summed E-state index contributed by atoms with van der Waals surface area (Å²) in [7, 11) is 5.00. The molecule has 3 heteroatoms. The van der Waals surface area contributed by atoms with E-state index in [2.05, 4.69) is 32.9 Å². The van der Waals surface area contributed by atoms with Crippen LogP contribution in [0.3, 0.4) is 0 Å². The van der Waals surface area contributed by atoms with E-state index in [1.54, 1.807) is 21.3 Å². The summed E-state index contributed by atoms with van der Waals surface area (Å²) >= 11 is 0. The van der Waals surface area contributed by atoms with Crippen LogP contribution < -0.4 is 0 Å². The van der Waals surface area contributed by atoms with Gasteiger partial charge >= 0.3 is 0 Å². The molecule has 3 nitrogen and oxygen atoms in total. The first-order chi connectivity index (χ1) is 10.6. The molecule has 0 aromatic heterocycles. The molecule has 22 heavy (non-hydrogen) atoms. The van der Waals surface area contributed by atoms with Crippen LogP contribution >= 0.6 is 0 Å². The monoisotopic (exact) mass is 314 g/mol. The van der Waals surface area contributed by atoms with Crippen LogP contribution in [0, 0.1) is 5.41 Å². The minimum Gasteiger partial charge on any atom is -0.330 e. The topological polar surface area (TPSA) is 27.7 Å². The highest BCUT2D eigenvalue weighted by Gasteiger charge is 2.50. The largest absolute Gasteiger partial charge is 0.330 e. The first-order valence-electron chi connectivity index (χ1n) is 8.95. The van der Waals surface area contributed by atoms with Crippen LogP contribution in [0.2, 0.25) is 0 Å². The molecule has 0 aromatic rings. The summed E-state index contributed by atoms with van der Waals surface area (Å²) in [5, 5.41) is 0. The Labute approximate surface area is 138 Å². The molecule has 0 spiro atoms. The number of ether oxygens (including phenoxy) is 3. The fourth-order valence-electron chi connectivity index (χ4n) is 3.27. The van der Waals surface area contributed by atoms with Gasteiger partial charge in [-0.25, -0.2) is 0 Å². The van der Waals surface area contributed by atoms with Crippen LogP contribution in [0.5, 0.6) is 0 Å². The summed E-state index contributed by atoms with van der Waals surface area (Å²) in [4.78, 5) is 0. The van der Waals surface area contributed by atoms with Gasteiger partial charge in [0.15, 0.2) is 0 Å². The lowest BCUT2D eigenvalue weighted by Gasteiger charge is -2.45. The van der Waals surface area contributed by atoms with Crippen molar-refractivity contribution < 1.29 is 14.2 Å². The number of hydrogen-bond donors (Lipinski definition) is 0. The van der Waals surface area contributed by atoms with Crippen LogP contribution in [-0.4, -0.2) is 27.3 Å². The average molecular weight is 315 g/mol. The Kier molecular flexibility index (Phi) is 11.9. The van der Waals surface area contributed by atoms with Crippen LogP contribution in [0.4, 0.5) is 0 Å². The Morgan fingerprint density at radius 3 is 1.77 bits per heavy atom. The van der Waals surface area contributed by atoms with Gasteiger partial charge < -0.3 is 14.2 Å². The fourth-order valence-corrected chi connectivity index (χ4v) is 3.27. The number of unbranched alkanes of at least 4 members (excludes halogenated alkanes) is 5. The standard InChI is InChI=1S/C19H38O3/c1-7-10-12-13-14-15-17-18(9-3,16-11-8-2)19(20-4,21-5)22-6/h11,16H,7-10,12-15,17H2,1-6H3. The van der Waals surface area contributed by atoms with E-state index in [1.807, 2.05) is 0 Å². The van der Waals surface area contributed by atoms with Crippen LogP contribution in [0.1, 0.15) is 78.6 Å². The number of rotatable bonds is 14. The molecule has 0 rings (SSSR count). The maximum Gasteiger partial charge on any atom is 0.291 e. The molecule has 0 aromatic carbocycles. The van der Waals surface area contributed by atoms with Gasteiger partial charge in [-0.05, 0) is 19.3 Å². The van der Waals surface area contributed by atoms with Gasteiger partial charge in [0.05, 0.1) is 5.41 Å². The lowest BCUT2D eigenvalue weighted by atomic mass is 9.76. The second kappa shape index (κ2) is 12.1. The fraction of sp³-hybridized carbons (Fsp3) is 0.895. The third-order valence-electron chi connectivity index (χ3n) is 4.70. The molecule has 0 amide bonds. The molecule has 0 fully saturated rings. The van der Waals surface area contributed by atoms with Crippen molar-refractivity contribution in [2.75, 3.05) is 21.3 Å². The van der Waals surface area contributed by atoms with E-state index in [1.165, 1.54) is 38.5 Å². The number of methoxy groups -OCH3 is 3. The normalized spacial score (nSPS) is 15.4. The molecule has 1 unspecified atom stereocenters. The average Bonchev–Trinajstić information content (AvgIpc) is 2.56. The molecule has 0 heterocycles. The number of hydrogen-bond acceptors (Lipinski definition) is 3. The van der Waals surface area contributed by atoms with E-state index in [4.69, 9.17) is 14.2 Å². The zero-order valence-corrected chi connectivity index (χ0v) is 15.7. The predicted molar refractivity (Wildman–Crippen MR) is 93.9 cm³/mol. The lowest BCUT2D eigenvalue weighted by molar-refractivity contribution is -0.399. The summed E-state index contributed by atoms with van der Waals surface area (Å²) in [5.74, 6) is -1.00. The van der Waals surface area contributed by atoms with Crippen LogP contribution in [-0.2, 0) is 14.2 Å². The zero-order chi connectivity index (χ0) is 16.9. The van der Waals surface area contributed by atoms with Crippen molar-refractivity contribution in [1.29, 1.82) is 0 Å². The third kappa shape index (κ3) is 5.68. The minimum atomic E-state index is -1.00. The smallest absolute Gasteiger partial charge is 0.291 e. The second-order valence-electron chi connectivity index (χ2n) is 6.01. The maximum absolute atomic E-state index is 5.69. The van der Waals surface area contributed by atoms with Gasteiger partial charge in [0, 0.05) is 21.3 Å². The third-order valence-corrected chi connectivity index (χ3v) is 4.70. The highest BCUT2D eigenvalue weighted by atomic mass is 16.9. The summed E-state index contributed by atoms with van der Waals surface area (Å²) < 4.78 is 17.1. The molecule has 0 N–H and O–H groups in total. The van der Waals surface area contributed by atoms with E-state index >= 15 is 0 Å². The van der Waals surface area contributed by atoms with Gasteiger partial charge in [-0.2, -0.15) is 0 Å². The summed E-state index contributed by atoms with van der Waals surface area (Å²) in [6.45, 7) is 6.58. The Morgan fingerprint density at radius 1 is 0.773 bits per heavy atom. The molecular weight excluding hydrogens is 276 g/mol. The van der Waals surface area contributed by atoms with E-state index in [0.29, 0.717) is 0 Å². The lowest BCUT2D eigenvalue weighted by Crippen LogP contribution is -2.51. The van der Waals surface area contributed by atoms with Gasteiger partial charge in [-0.1, -0.05) is 71.4 Å². The highest BCUT2D eigenvalue weighted by Crippen LogP contribution is 2.45. The van der Waals surface area contributed by atoms with E-state index < -0.39 is 5.97 Å². The van der Waals surface area contributed by atoms with Crippen molar-refractivity contribution in [2.45, 2.75) is 84.5 Å². The Balaban J connectivity index is 4.96. The molecule has 1 atom stereocenters. The zero-order valence-electron chi connectivity index (χ0n) is 15.7. The molecule has 0 saturated carbocycles.